The van der Waals surface area contributed by atoms with E-state index in [4.69, 9.17) is 21.7 Å². The summed E-state index contributed by atoms with van der Waals surface area (Å²) in [6, 6.07) is 5.62. The molecular formula is C17H21NO3S2. The molecule has 4 nitrogen and oxygen atoms in total. The molecule has 1 aromatic rings. The highest BCUT2D eigenvalue weighted by Crippen LogP contribution is 2.35. The van der Waals surface area contributed by atoms with Gasteiger partial charge in [-0.15, -0.1) is 0 Å². The maximum Gasteiger partial charge on any atom is 0.266 e. The molecule has 0 N–H and O–H groups in total. The summed E-state index contributed by atoms with van der Waals surface area (Å²) in [6.07, 6.45) is 1.85. The first-order valence-corrected chi connectivity index (χ1v) is 8.75. The zero-order chi connectivity index (χ0) is 17.0. The number of carbonyl (C=O) groups is 1. The molecule has 1 fully saturated rings. The largest absolute Gasteiger partial charge is 0.493 e. The van der Waals surface area contributed by atoms with Crippen LogP contribution in [0, 0.1) is 5.92 Å². The third-order valence-corrected chi connectivity index (χ3v) is 4.58. The number of carbonyl (C=O) groups excluding carboxylic acids is 1. The SMILES string of the molecule is CCOc1ccc(C=C2SC(=S)N(CC(C)C)C2=O)cc1OC. The lowest BCUT2D eigenvalue weighted by Gasteiger charge is -2.16. The highest BCUT2D eigenvalue weighted by molar-refractivity contribution is 8.26. The first-order valence-electron chi connectivity index (χ1n) is 7.52. The van der Waals surface area contributed by atoms with E-state index in [1.54, 1.807) is 12.0 Å². The Bertz CT molecular complexity index is 641. The van der Waals surface area contributed by atoms with Gasteiger partial charge in [-0.25, -0.2) is 0 Å². The molecule has 0 spiro atoms. The topological polar surface area (TPSA) is 38.8 Å². The molecule has 6 heteroatoms. The molecule has 0 radical (unpaired) electrons. The Hall–Kier alpha value is -1.53. The summed E-state index contributed by atoms with van der Waals surface area (Å²) >= 11 is 6.66. The van der Waals surface area contributed by atoms with Crippen molar-refractivity contribution in [3.05, 3.63) is 28.7 Å². The predicted octanol–water partition coefficient (Wildman–Crippen LogP) is 3.95. The molecule has 0 saturated carbocycles. The number of benzene rings is 1. The number of amides is 1. The lowest BCUT2D eigenvalue weighted by atomic mass is 10.1. The van der Waals surface area contributed by atoms with E-state index in [0.29, 0.717) is 39.8 Å². The number of hydrogen-bond donors (Lipinski definition) is 0. The van der Waals surface area contributed by atoms with Crippen molar-refractivity contribution in [3.63, 3.8) is 0 Å². The van der Waals surface area contributed by atoms with E-state index in [2.05, 4.69) is 13.8 Å². The number of thioether (sulfide) groups is 1. The summed E-state index contributed by atoms with van der Waals surface area (Å²) in [5.74, 6) is 1.70. The average Bonchev–Trinajstić information content (AvgIpc) is 2.76. The molecular weight excluding hydrogens is 330 g/mol. The number of methoxy groups -OCH3 is 1. The smallest absolute Gasteiger partial charge is 0.266 e. The molecule has 0 aromatic heterocycles. The van der Waals surface area contributed by atoms with Gasteiger partial charge in [-0.2, -0.15) is 0 Å². The molecule has 124 valence electrons. The molecule has 23 heavy (non-hydrogen) atoms. The van der Waals surface area contributed by atoms with Crippen molar-refractivity contribution in [1.82, 2.24) is 4.90 Å². The second kappa shape index (κ2) is 7.84. The second-order valence-electron chi connectivity index (χ2n) is 5.53. The van der Waals surface area contributed by atoms with E-state index in [1.165, 1.54) is 11.8 Å². The zero-order valence-electron chi connectivity index (χ0n) is 13.8. The first kappa shape index (κ1) is 17.8. The van der Waals surface area contributed by atoms with E-state index < -0.39 is 0 Å². The minimum Gasteiger partial charge on any atom is -0.493 e. The summed E-state index contributed by atoms with van der Waals surface area (Å²) < 4.78 is 11.5. The number of ether oxygens (including phenoxy) is 2. The molecule has 1 aliphatic rings. The zero-order valence-corrected chi connectivity index (χ0v) is 15.4. The molecule has 1 amide bonds. The van der Waals surface area contributed by atoms with Gasteiger partial charge < -0.3 is 9.47 Å². The normalized spacial score (nSPS) is 16.6. The Morgan fingerprint density at radius 1 is 1.35 bits per heavy atom. The molecule has 0 atom stereocenters. The first-order chi connectivity index (χ1) is 11.0. The van der Waals surface area contributed by atoms with Crippen LogP contribution in [0.3, 0.4) is 0 Å². The molecule has 1 aliphatic heterocycles. The Morgan fingerprint density at radius 3 is 2.70 bits per heavy atom. The highest BCUT2D eigenvalue weighted by Gasteiger charge is 2.32. The summed E-state index contributed by atoms with van der Waals surface area (Å²) in [7, 11) is 1.60. The summed E-state index contributed by atoms with van der Waals surface area (Å²) in [6.45, 7) is 7.28. The van der Waals surface area contributed by atoms with Crippen molar-refractivity contribution in [2.75, 3.05) is 20.3 Å². The van der Waals surface area contributed by atoms with Gasteiger partial charge >= 0.3 is 0 Å². The van der Waals surface area contributed by atoms with Crippen LogP contribution in [0.15, 0.2) is 23.1 Å². The third kappa shape index (κ3) is 4.26. The van der Waals surface area contributed by atoms with Crippen LogP contribution >= 0.6 is 24.0 Å². The summed E-state index contributed by atoms with van der Waals surface area (Å²) in [5.41, 5.74) is 0.885. The molecule has 0 unspecified atom stereocenters. The predicted molar refractivity (Wildman–Crippen MR) is 98.9 cm³/mol. The van der Waals surface area contributed by atoms with Gasteiger partial charge in [0, 0.05) is 6.54 Å². The average molecular weight is 351 g/mol. The molecule has 1 saturated heterocycles. The standard InChI is InChI=1S/C17H21NO3S2/c1-5-21-13-7-6-12(8-14(13)20-4)9-15-16(19)18(10-11(2)3)17(22)23-15/h6-9,11H,5,10H2,1-4H3. The van der Waals surface area contributed by atoms with Crippen LogP contribution in [-0.4, -0.2) is 35.4 Å². The van der Waals surface area contributed by atoms with Gasteiger partial charge in [0.25, 0.3) is 5.91 Å². The van der Waals surface area contributed by atoms with Crippen molar-refractivity contribution in [2.45, 2.75) is 20.8 Å². The minimum absolute atomic E-state index is 0.0263. The van der Waals surface area contributed by atoms with Crippen LogP contribution < -0.4 is 9.47 Å². The van der Waals surface area contributed by atoms with Crippen molar-refractivity contribution >= 4 is 40.3 Å². The Morgan fingerprint density at radius 2 is 2.09 bits per heavy atom. The molecule has 1 aromatic carbocycles. The van der Waals surface area contributed by atoms with Crippen LogP contribution in [0.2, 0.25) is 0 Å². The van der Waals surface area contributed by atoms with E-state index in [9.17, 15) is 4.79 Å². The van der Waals surface area contributed by atoms with E-state index in [-0.39, 0.29) is 5.91 Å². The molecule has 0 aliphatic carbocycles. The van der Waals surface area contributed by atoms with Gasteiger partial charge in [-0.05, 0) is 36.6 Å². The Kier molecular flexibility index (Phi) is 6.07. The summed E-state index contributed by atoms with van der Waals surface area (Å²) in [5, 5.41) is 0. The van der Waals surface area contributed by atoms with Crippen LogP contribution in [0.5, 0.6) is 11.5 Å². The lowest BCUT2D eigenvalue weighted by Crippen LogP contribution is -2.31. The number of rotatable bonds is 6. The quantitative estimate of drug-likeness (QED) is 0.573. The van der Waals surface area contributed by atoms with Crippen LogP contribution in [0.1, 0.15) is 26.3 Å². The van der Waals surface area contributed by atoms with Gasteiger partial charge in [0.15, 0.2) is 11.5 Å². The number of hydrogen-bond acceptors (Lipinski definition) is 5. The van der Waals surface area contributed by atoms with E-state index in [0.717, 1.165) is 5.56 Å². The Balaban J connectivity index is 2.25. The fraction of sp³-hybridized carbons (Fsp3) is 0.412. The van der Waals surface area contributed by atoms with Gasteiger partial charge in [0.2, 0.25) is 0 Å². The van der Waals surface area contributed by atoms with E-state index in [1.807, 2.05) is 31.2 Å². The molecule has 1 heterocycles. The minimum atomic E-state index is -0.0263. The molecule has 2 rings (SSSR count). The van der Waals surface area contributed by atoms with Crippen LogP contribution in [-0.2, 0) is 4.79 Å². The van der Waals surface area contributed by atoms with Gasteiger partial charge in [0.05, 0.1) is 18.6 Å². The maximum absolute atomic E-state index is 12.5. The summed E-state index contributed by atoms with van der Waals surface area (Å²) in [4.78, 5) is 14.8. The molecule has 0 bridgehead atoms. The fourth-order valence-corrected chi connectivity index (χ4v) is 3.50. The van der Waals surface area contributed by atoms with Crippen molar-refractivity contribution in [2.24, 2.45) is 5.92 Å². The fourth-order valence-electron chi connectivity index (χ4n) is 2.22. The number of thiocarbonyl (C=S) groups is 1. The Labute approximate surface area is 146 Å². The monoisotopic (exact) mass is 351 g/mol. The maximum atomic E-state index is 12.5. The van der Waals surface area contributed by atoms with Crippen LogP contribution in [0.4, 0.5) is 0 Å². The highest BCUT2D eigenvalue weighted by atomic mass is 32.2. The van der Waals surface area contributed by atoms with Gasteiger partial charge in [-0.1, -0.05) is 43.9 Å². The van der Waals surface area contributed by atoms with Crippen LogP contribution in [0.25, 0.3) is 6.08 Å². The van der Waals surface area contributed by atoms with E-state index >= 15 is 0 Å². The van der Waals surface area contributed by atoms with Crippen molar-refractivity contribution in [1.29, 1.82) is 0 Å². The van der Waals surface area contributed by atoms with Crippen molar-refractivity contribution < 1.29 is 14.3 Å². The third-order valence-electron chi connectivity index (χ3n) is 3.21. The lowest BCUT2D eigenvalue weighted by molar-refractivity contribution is -0.122. The van der Waals surface area contributed by atoms with Crippen molar-refractivity contribution in [3.8, 4) is 11.5 Å². The second-order valence-corrected chi connectivity index (χ2v) is 7.21. The van der Waals surface area contributed by atoms with Gasteiger partial charge in [0.1, 0.15) is 4.32 Å². The van der Waals surface area contributed by atoms with Gasteiger partial charge in [-0.3, -0.25) is 9.69 Å². The number of nitrogens with zero attached hydrogens (tertiary/aromatic N) is 1.